The van der Waals surface area contributed by atoms with Crippen LogP contribution in [0.15, 0.2) is 18.2 Å². The lowest BCUT2D eigenvalue weighted by atomic mass is 9.83. The maximum Gasteiger partial charge on any atom is 0.416 e. The van der Waals surface area contributed by atoms with Gasteiger partial charge in [0.05, 0.1) is 16.5 Å². The van der Waals surface area contributed by atoms with E-state index in [0.29, 0.717) is 12.1 Å². The van der Waals surface area contributed by atoms with Crippen LogP contribution in [0.2, 0.25) is 0 Å². The third-order valence-corrected chi connectivity index (χ3v) is 2.67. The Morgan fingerprint density at radius 1 is 0.789 bits per heavy atom. The van der Waals surface area contributed by atoms with E-state index >= 15 is 0 Å². The number of halogens is 6. The lowest BCUT2D eigenvalue weighted by Crippen LogP contribution is -2.18. The fourth-order valence-electron chi connectivity index (χ4n) is 1.40. The molecular formula is C13H10F6. The molecule has 0 aliphatic carbocycles. The monoisotopic (exact) mass is 280 g/mol. The predicted octanol–water partition coefficient (Wildman–Crippen LogP) is 4.64. The minimum atomic E-state index is -4.86. The van der Waals surface area contributed by atoms with Crippen LogP contribution in [0.3, 0.4) is 0 Å². The van der Waals surface area contributed by atoms with Gasteiger partial charge in [-0.05, 0) is 37.6 Å². The van der Waals surface area contributed by atoms with Gasteiger partial charge < -0.3 is 0 Å². The van der Waals surface area contributed by atoms with Crippen molar-refractivity contribution in [1.82, 2.24) is 0 Å². The fourth-order valence-corrected chi connectivity index (χ4v) is 1.40. The molecule has 1 rings (SSSR count). The van der Waals surface area contributed by atoms with Gasteiger partial charge in [0.2, 0.25) is 0 Å². The summed E-state index contributed by atoms with van der Waals surface area (Å²) in [5, 5.41) is 0. The number of alkyl halides is 6. The first-order chi connectivity index (χ1) is 8.38. The maximum atomic E-state index is 12.6. The van der Waals surface area contributed by atoms with Crippen molar-refractivity contribution >= 4 is 0 Å². The van der Waals surface area contributed by atoms with Crippen molar-refractivity contribution in [3.63, 3.8) is 0 Å². The molecule has 19 heavy (non-hydrogen) atoms. The van der Waals surface area contributed by atoms with E-state index in [9.17, 15) is 26.3 Å². The molecule has 1 aromatic rings. The Morgan fingerprint density at radius 2 is 1.11 bits per heavy atom. The largest absolute Gasteiger partial charge is 0.416 e. The molecule has 0 radical (unpaired) electrons. The second-order valence-corrected chi connectivity index (χ2v) is 4.56. The van der Waals surface area contributed by atoms with E-state index in [-0.39, 0.29) is 11.6 Å². The highest BCUT2D eigenvalue weighted by Gasteiger charge is 2.38. The molecular weight excluding hydrogens is 270 g/mol. The summed E-state index contributed by atoms with van der Waals surface area (Å²) in [6, 6.07) is 1.38. The van der Waals surface area contributed by atoms with Gasteiger partial charge in [-0.15, -0.1) is 6.42 Å². The molecule has 0 N–H and O–H groups in total. The summed E-state index contributed by atoms with van der Waals surface area (Å²) in [7, 11) is 0. The molecule has 0 unspecified atom stereocenters. The molecule has 0 aliphatic rings. The van der Waals surface area contributed by atoms with Gasteiger partial charge in [-0.2, -0.15) is 26.3 Å². The summed E-state index contributed by atoms with van der Waals surface area (Å²) in [5.74, 6) is 2.18. The minimum Gasteiger partial charge on any atom is -0.166 e. The molecule has 104 valence electrons. The average molecular weight is 280 g/mol. The summed E-state index contributed by atoms with van der Waals surface area (Å²) in [5.41, 5.74) is -4.14. The molecule has 0 bridgehead atoms. The minimum absolute atomic E-state index is 0.0795. The van der Waals surface area contributed by atoms with E-state index in [1.807, 2.05) is 0 Å². The summed E-state index contributed by atoms with van der Waals surface area (Å²) >= 11 is 0. The molecule has 0 aliphatic heterocycles. The second-order valence-electron chi connectivity index (χ2n) is 4.56. The van der Waals surface area contributed by atoms with E-state index in [2.05, 4.69) is 5.92 Å². The Bertz CT molecular complexity index is 481. The van der Waals surface area contributed by atoms with Crippen molar-refractivity contribution in [1.29, 1.82) is 0 Å². The molecule has 6 heteroatoms. The number of terminal acetylenes is 1. The van der Waals surface area contributed by atoms with Gasteiger partial charge >= 0.3 is 12.4 Å². The van der Waals surface area contributed by atoms with Crippen LogP contribution < -0.4 is 0 Å². The van der Waals surface area contributed by atoms with Gasteiger partial charge in [-0.1, -0.05) is 5.92 Å². The summed E-state index contributed by atoms with van der Waals surface area (Å²) in [4.78, 5) is 0. The van der Waals surface area contributed by atoms with Crippen LogP contribution in [0.25, 0.3) is 0 Å². The molecule has 0 aromatic heterocycles. The Hall–Kier alpha value is -1.64. The van der Waals surface area contributed by atoms with Crippen LogP contribution in [0.5, 0.6) is 0 Å². The summed E-state index contributed by atoms with van der Waals surface area (Å²) < 4.78 is 75.7. The van der Waals surface area contributed by atoms with Crippen molar-refractivity contribution in [2.24, 2.45) is 0 Å². The number of hydrogen-bond donors (Lipinski definition) is 0. The summed E-state index contributed by atoms with van der Waals surface area (Å²) in [6.45, 7) is 2.76. The highest BCUT2D eigenvalue weighted by Crippen LogP contribution is 2.38. The zero-order valence-electron chi connectivity index (χ0n) is 10.1. The first-order valence-corrected chi connectivity index (χ1v) is 5.15. The highest BCUT2D eigenvalue weighted by molar-refractivity contribution is 5.40. The van der Waals surface area contributed by atoms with Crippen molar-refractivity contribution in [3.05, 3.63) is 34.9 Å². The Balaban J connectivity index is 3.56. The van der Waals surface area contributed by atoms with E-state index in [4.69, 9.17) is 6.42 Å². The van der Waals surface area contributed by atoms with E-state index in [1.54, 1.807) is 0 Å². The normalized spacial score (nSPS) is 13.2. The molecule has 0 heterocycles. The fraction of sp³-hybridized carbons (Fsp3) is 0.385. The van der Waals surface area contributed by atoms with Gasteiger partial charge in [0.25, 0.3) is 0 Å². The van der Waals surface area contributed by atoms with Gasteiger partial charge in [0.1, 0.15) is 0 Å². The second kappa shape index (κ2) is 4.48. The van der Waals surface area contributed by atoms with Crippen molar-refractivity contribution in [2.45, 2.75) is 31.6 Å². The zero-order chi connectivity index (χ0) is 15.1. The molecule has 0 saturated carbocycles. The maximum absolute atomic E-state index is 12.6. The Morgan fingerprint density at radius 3 is 1.37 bits per heavy atom. The molecule has 0 nitrogen and oxygen atoms in total. The van der Waals surface area contributed by atoms with Gasteiger partial charge in [-0.3, -0.25) is 0 Å². The lowest BCUT2D eigenvalue weighted by Gasteiger charge is -2.21. The molecule has 0 atom stereocenters. The van der Waals surface area contributed by atoms with Gasteiger partial charge in [-0.25, -0.2) is 0 Å². The van der Waals surface area contributed by atoms with Crippen LogP contribution in [-0.4, -0.2) is 0 Å². The van der Waals surface area contributed by atoms with Crippen molar-refractivity contribution in [3.8, 4) is 12.3 Å². The first-order valence-electron chi connectivity index (χ1n) is 5.15. The van der Waals surface area contributed by atoms with Gasteiger partial charge in [0, 0.05) is 0 Å². The number of rotatable bonds is 1. The Kier molecular flexibility index (Phi) is 3.63. The third-order valence-electron chi connectivity index (χ3n) is 2.67. The SMILES string of the molecule is C#CC(C)(C)c1cc(C(F)(F)F)cc(C(F)(F)F)c1. The lowest BCUT2D eigenvalue weighted by molar-refractivity contribution is -0.143. The molecule has 0 saturated heterocycles. The van der Waals surface area contributed by atoms with E-state index < -0.39 is 28.9 Å². The van der Waals surface area contributed by atoms with Gasteiger partial charge in [0.15, 0.2) is 0 Å². The number of hydrogen-bond acceptors (Lipinski definition) is 0. The molecule has 0 amide bonds. The van der Waals surface area contributed by atoms with Crippen LogP contribution in [-0.2, 0) is 17.8 Å². The molecule has 0 fully saturated rings. The van der Waals surface area contributed by atoms with Crippen LogP contribution in [0, 0.1) is 12.3 Å². The Labute approximate surface area is 106 Å². The van der Waals surface area contributed by atoms with Crippen molar-refractivity contribution < 1.29 is 26.3 Å². The zero-order valence-corrected chi connectivity index (χ0v) is 10.1. The topological polar surface area (TPSA) is 0 Å². The smallest absolute Gasteiger partial charge is 0.166 e. The predicted molar refractivity (Wildman–Crippen MR) is 58.3 cm³/mol. The van der Waals surface area contributed by atoms with Crippen LogP contribution in [0.1, 0.15) is 30.5 Å². The highest BCUT2D eigenvalue weighted by atomic mass is 19.4. The standard InChI is InChI=1S/C13H10F6/c1-4-11(2,3)8-5-9(12(14,15)16)7-10(6-8)13(17,18)19/h1,5-7H,2-3H3. The third kappa shape index (κ3) is 3.43. The first kappa shape index (κ1) is 15.4. The quantitative estimate of drug-likeness (QED) is 0.519. The van der Waals surface area contributed by atoms with E-state index in [1.165, 1.54) is 13.8 Å². The van der Waals surface area contributed by atoms with Crippen LogP contribution in [0.4, 0.5) is 26.3 Å². The van der Waals surface area contributed by atoms with Crippen molar-refractivity contribution in [2.75, 3.05) is 0 Å². The molecule has 0 spiro atoms. The molecule has 1 aromatic carbocycles. The summed E-state index contributed by atoms with van der Waals surface area (Å²) in [6.07, 6.45) is -4.58. The number of benzene rings is 1. The van der Waals surface area contributed by atoms with Crippen LogP contribution >= 0.6 is 0 Å². The average Bonchev–Trinajstić information content (AvgIpc) is 2.26. The van der Waals surface area contributed by atoms with E-state index in [0.717, 1.165) is 0 Å².